The van der Waals surface area contributed by atoms with Crippen LogP contribution in [0.1, 0.15) is 26.3 Å². The van der Waals surface area contributed by atoms with Gasteiger partial charge in [0, 0.05) is 24.2 Å². The average molecular weight is 475 g/mol. The molecule has 2 amide bonds. The number of carbonyl (C=O) groups is 3. The van der Waals surface area contributed by atoms with Gasteiger partial charge in [0.25, 0.3) is 11.8 Å². The fourth-order valence-electron chi connectivity index (χ4n) is 3.13. The van der Waals surface area contributed by atoms with Gasteiger partial charge in [-0.15, -0.1) is 5.10 Å². The molecule has 0 aliphatic rings. The SMILES string of the molecule is Cc1ccc(-c2nn(OC(=O)C(F)(F)F)c(N(CCN)C(=O)c3ccccc3)c2C(N)=O)cc1. The maximum Gasteiger partial charge on any atom is 0.493 e. The lowest BCUT2D eigenvalue weighted by atomic mass is 10.0. The molecule has 0 radical (unpaired) electrons. The number of benzene rings is 2. The summed E-state index contributed by atoms with van der Waals surface area (Å²) in [6.45, 7) is 1.40. The summed E-state index contributed by atoms with van der Waals surface area (Å²) in [6.07, 6.45) is -5.37. The van der Waals surface area contributed by atoms with Gasteiger partial charge in [0.2, 0.25) is 0 Å². The normalized spacial score (nSPS) is 11.2. The molecular weight excluding hydrogens is 455 g/mol. The maximum absolute atomic E-state index is 13.2. The standard InChI is InChI=1S/C22H20F3N5O4/c1-13-7-9-14(10-8-13)17-16(18(27)31)19(30(28-17)34-21(33)22(23,24)25)29(12-11-26)20(32)15-5-3-2-4-6-15/h2-10H,11-12,26H2,1H3,(H2,27,31). The summed E-state index contributed by atoms with van der Waals surface area (Å²) >= 11 is 0. The lowest BCUT2D eigenvalue weighted by Gasteiger charge is -2.23. The second-order valence-corrected chi connectivity index (χ2v) is 7.14. The Balaban J connectivity index is 2.28. The average Bonchev–Trinajstić information content (AvgIpc) is 3.16. The molecule has 178 valence electrons. The Bertz CT molecular complexity index is 1210. The highest BCUT2D eigenvalue weighted by Crippen LogP contribution is 2.32. The molecule has 0 bridgehead atoms. The number of halogens is 3. The molecule has 3 aromatic rings. The van der Waals surface area contributed by atoms with E-state index in [4.69, 9.17) is 11.5 Å². The van der Waals surface area contributed by atoms with Crippen LogP contribution in [0.3, 0.4) is 0 Å². The van der Waals surface area contributed by atoms with E-state index in [2.05, 4.69) is 9.94 Å². The molecule has 0 saturated carbocycles. The third-order valence-corrected chi connectivity index (χ3v) is 4.68. The molecule has 0 spiro atoms. The number of aryl methyl sites for hydroxylation is 1. The van der Waals surface area contributed by atoms with Gasteiger partial charge < -0.3 is 16.3 Å². The number of carbonyl (C=O) groups excluding carboxylic acids is 3. The minimum Gasteiger partial charge on any atom is -0.365 e. The fraction of sp³-hybridized carbons (Fsp3) is 0.182. The molecule has 0 aliphatic carbocycles. The van der Waals surface area contributed by atoms with Crippen LogP contribution in [-0.2, 0) is 4.79 Å². The molecule has 4 N–H and O–H groups in total. The number of alkyl halides is 3. The van der Waals surface area contributed by atoms with Gasteiger partial charge in [-0.1, -0.05) is 52.9 Å². The van der Waals surface area contributed by atoms with Crippen LogP contribution in [0, 0.1) is 6.92 Å². The van der Waals surface area contributed by atoms with E-state index in [-0.39, 0.29) is 29.2 Å². The summed E-state index contributed by atoms with van der Waals surface area (Å²) in [4.78, 5) is 42.9. The Morgan fingerprint density at radius 1 is 1.06 bits per heavy atom. The van der Waals surface area contributed by atoms with Crippen molar-refractivity contribution in [1.82, 2.24) is 9.94 Å². The zero-order chi connectivity index (χ0) is 25.0. The molecule has 0 unspecified atom stereocenters. The number of amides is 2. The zero-order valence-electron chi connectivity index (χ0n) is 17.9. The summed E-state index contributed by atoms with van der Waals surface area (Å²) in [5.74, 6) is -5.00. The summed E-state index contributed by atoms with van der Waals surface area (Å²) in [5, 5.41) is 3.90. The number of primary amides is 1. The number of hydrogen-bond donors (Lipinski definition) is 2. The molecule has 34 heavy (non-hydrogen) atoms. The van der Waals surface area contributed by atoms with E-state index < -0.39 is 35.3 Å². The number of hydrogen-bond acceptors (Lipinski definition) is 6. The van der Waals surface area contributed by atoms with Crippen LogP contribution >= 0.6 is 0 Å². The van der Waals surface area contributed by atoms with Crippen molar-refractivity contribution in [2.45, 2.75) is 13.1 Å². The molecular formula is C22H20F3N5O4. The van der Waals surface area contributed by atoms with Gasteiger partial charge in [0.15, 0.2) is 5.82 Å². The topological polar surface area (TPSA) is 134 Å². The first-order valence-corrected chi connectivity index (χ1v) is 9.91. The number of nitrogens with zero attached hydrogens (tertiary/aromatic N) is 3. The van der Waals surface area contributed by atoms with Gasteiger partial charge in [-0.2, -0.15) is 13.2 Å². The number of nitrogens with two attached hydrogens (primary N) is 2. The molecule has 0 saturated heterocycles. The first kappa shape index (κ1) is 24.5. The third kappa shape index (κ3) is 5.07. The van der Waals surface area contributed by atoms with Crippen molar-refractivity contribution in [3.63, 3.8) is 0 Å². The van der Waals surface area contributed by atoms with Crippen molar-refractivity contribution in [3.8, 4) is 11.3 Å². The van der Waals surface area contributed by atoms with Crippen LogP contribution in [0.2, 0.25) is 0 Å². The molecule has 2 aromatic carbocycles. The van der Waals surface area contributed by atoms with Crippen LogP contribution < -0.4 is 21.2 Å². The molecule has 3 rings (SSSR count). The number of rotatable bonds is 7. The van der Waals surface area contributed by atoms with E-state index in [9.17, 15) is 27.6 Å². The molecule has 9 nitrogen and oxygen atoms in total. The third-order valence-electron chi connectivity index (χ3n) is 4.68. The zero-order valence-corrected chi connectivity index (χ0v) is 17.9. The number of aromatic nitrogens is 2. The summed E-state index contributed by atoms with van der Waals surface area (Å²) in [7, 11) is 0. The van der Waals surface area contributed by atoms with Crippen molar-refractivity contribution >= 4 is 23.6 Å². The fourth-order valence-corrected chi connectivity index (χ4v) is 3.13. The van der Waals surface area contributed by atoms with Gasteiger partial charge in [-0.05, 0) is 19.1 Å². The quantitative estimate of drug-likeness (QED) is 0.538. The van der Waals surface area contributed by atoms with Crippen LogP contribution in [0.15, 0.2) is 54.6 Å². The predicted molar refractivity (Wildman–Crippen MR) is 116 cm³/mol. The van der Waals surface area contributed by atoms with E-state index in [0.717, 1.165) is 10.5 Å². The van der Waals surface area contributed by atoms with E-state index in [0.29, 0.717) is 5.56 Å². The molecule has 0 fully saturated rings. The van der Waals surface area contributed by atoms with Gasteiger partial charge in [0.1, 0.15) is 11.3 Å². The van der Waals surface area contributed by atoms with Gasteiger partial charge in [-0.3, -0.25) is 14.5 Å². The summed E-state index contributed by atoms with van der Waals surface area (Å²) in [5.41, 5.74) is 11.9. The van der Waals surface area contributed by atoms with Crippen LogP contribution in [-0.4, -0.2) is 47.0 Å². The van der Waals surface area contributed by atoms with Gasteiger partial charge >= 0.3 is 12.1 Å². The van der Waals surface area contributed by atoms with Crippen molar-refractivity contribution in [3.05, 3.63) is 71.3 Å². The summed E-state index contributed by atoms with van der Waals surface area (Å²) in [6, 6.07) is 14.2. The summed E-state index contributed by atoms with van der Waals surface area (Å²) < 4.78 is 38.9. The highest BCUT2D eigenvalue weighted by Gasteiger charge is 2.43. The monoisotopic (exact) mass is 475 g/mol. The lowest BCUT2D eigenvalue weighted by molar-refractivity contribution is -0.201. The second-order valence-electron chi connectivity index (χ2n) is 7.14. The molecule has 1 aromatic heterocycles. The van der Waals surface area contributed by atoms with Crippen LogP contribution in [0.5, 0.6) is 0 Å². The van der Waals surface area contributed by atoms with Crippen LogP contribution in [0.4, 0.5) is 19.0 Å². The largest absolute Gasteiger partial charge is 0.493 e. The van der Waals surface area contributed by atoms with E-state index >= 15 is 0 Å². The van der Waals surface area contributed by atoms with Gasteiger partial charge in [0.05, 0.1) is 0 Å². The van der Waals surface area contributed by atoms with Gasteiger partial charge in [-0.25, -0.2) is 4.79 Å². The minimum absolute atomic E-state index is 0.137. The molecule has 12 heteroatoms. The minimum atomic E-state index is -5.37. The maximum atomic E-state index is 13.2. The second kappa shape index (κ2) is 9.75. The van der Waals surface area contributed by atoms with Crippen molar-refractivity contribution in [1.29, 1.82) is 0 Å². The highest BCUT2D eigenvalue weighted by molar-refractivity contribution is 6.11. The molecule has 1 heterocycles. The van der Waals surface area contributed by atoms with Crippen molar-refractivity contribution < 1.29 is 32.4 Å². The smallest absolute Gasteiger partial charge is 0.365 e. The number of anilines is 1. The first-order chi connectivity index (χ1) is 16.0. The highest BCUT2D eigenvalue weighted by atomic mass is 19.4. The Labute approximate surface area is 191 Å². The van der Waals surface area contributed by atoms with Crippen molar-refractivity contribution in [2.24, 2.45) is 11.5 Å². The van der Waals surface area contributed by atoms with E-state index in [1.807, 2.05) is 0 Å². The van der Waals surface area contributed by atoms with Crippen LogP contribution in [0.25, 0.3) is 11.3 Å². The predicted octanol–water partition coefficient (Wildman–Crippen LogP) is 2.08. The van der Waals surface area contributed by atoms with E-state index in [1.165, 1.54) is 12.1 Å². The van der Waals surface area contributed by atoms with Crippen molar-refractivity contribution in [2.75, 3.05) is 18.0 Å². The molecule has 0 atom stereocenters. The lowest BCUT2D eigenvalue weighted by Crippen LogP contribution is -2.41. The van der Waals surface area contributed by atoms with E-state index in [1.54, 1.807) is 49.4 Å². The Morgan fingerprint density at radius 2 is 1.68 bits per heavy atom. The Kier molecular flexibility index (Phi) is 7.01. The first-order valence-electron chi connectivity index (χ1n) is 9.91. The molecule has 0 aliphatic heterocycles. The Morgan fingerprint density at radius 3 is 2.21 bits per heavy atom. The Hall–Kier alpha value is -4.19.